The zero-order chi connectivity index (χ0) is 32.8. The number of fused-ring (bicyclic) bond motifs is 8. The van der Waals surface area contributed by atoms with Crippen LogP contribution in [0, 0.1) is 46.3 Å². The molecule has 4 heterocycles. The van der Waals surface area contributed by atoms with Crippen molar-refractivity contribution in [1.29, 1.82) is 10.5 Å². The van der Waals surface area contributed by atoms with Crippen LogP contribution >= 0.6 is 0 Å². The molecule has 6 nitrogen and oxygen atoms in total. The van der Waals surface area contributed by atoms with Crippen LogP contribution in [0.2, 0.25) is 0 Å². The normalized spacial score (nSPS) is 22.0. The molecular formula is C42H38N4O2. The molecule has 4 atom stereocenters. The summed E-state index contributed by atoms with van der Waals surface area (Å²) in [4.78, 5) is 4.97. The Balaban J connectivity index is 1.22. The Morgan fingerprint density at radius 2 is 0.958 bits per heavy atom. The van der Waals surface area contributed by atoms with E-state index in [1.807, 2.05) is 0 Å². The number of hydrogen-bond donors (Lipinski definition) is 0. The van der Waals surface area contributed by atoms with Crippen molar-refractivity contribution in [2.45, 2.75) is 40.5 Å². The molecule has 2 aliphatic rings. The molecule has 0 spiro atoms. The van der Waals surface area contributed by atoms with Crippen LogP contribution < -0.4 is 9.80 Å². The topological polar surface area (TPSA) is 80.3 Å². The summed E-state index contributed by atoms with van der Waals surface area (Å²) in [5.74, 6) is 2.64. The first-order valence-corrected chi connectivity index (χ1v) is 17.3. The third-order valence-electron chi connectivity index (χ3n) is 10.9. The molecule has 48 heavy (non-hydrogen) atoms. The highest BCUT2D eigenvalue weighted by atomic mass is 16.3. The molecule has 0 amide bonds. The van der Waals surface area contributed by atoms with Crippen LogP contribution in [-0.4, -0.2) is 26.2 Å². The molecule has 6 heteroatoms. The molecule has 2 aromatic heterocycles. The Morgan fingerprint density at radius 1 is 0.542 bits per heavy atom. The van der Waals surface area contributed by atoms with Crippen molar-refractivity contribution in [3.05, 3.63) is 71.8 Å². The van der Waals surface area contributed by atoms with E-state index in [1.54, 1.807) is 0 Å². The lowest BCUT2D eigenvalue weighted by Crippen LogP contribution is -2.38. The minimum absolute atomic E-state index is 0.327. The van der Waals surface area contributed by atoms with E-state index >= 15 is 0 Å². The maximum Gasteiger partial charge on any atom is 0.158 e. The fraction of sp³-hybridized carbons (Fsp3) is 0.333. The highest BCUT2D eigenvalue weighted by Crippen LogP contribution is 2.45. The number of piperidine rings is 2. The van der Waals surface area contributed by atoms with E-state index in [-0.39, 0.29) is 0 Å². The lowest BCUT2D eigenvalue weighted by molar-refractivity contribution is 0.357. The first-order chi connectivity index (χ1) is 23.3. The van der Waals surface area contributed by atoms with Gasteiger partial charge in [-0.1, -0.05) is 39.8 Å². The van der Waals surface area contributed by atoms with Gasteiger partial charge in [-0.2, -0.15) is 10.5 Å². The van der Waals surface area contributed by atoms with Gasteiger partial charge < -0.3 is 18.6 Å². The number of benzene rings is 5. The van der Waals surface area contributed by atoms with Crippen molar-refractivity contribution < 1.29 is 8.83 Å². The second-order valence-corrected chi connectivity index (χ2v) is 15.0. The summed E-state index contributed by atoms with van der Waals surface area (Å²) in [5.41, 5.74) is 5.39. The summed E-state index contributed by atoms with van der Waals surface area (Å²) < 4.78 is 12.9. The molecule has 2 aliphatic heterocycles. The monoisotopic (exact) mass is 630 g/mol. The lowest BCUT2D eigenvalue weighted by atomic mass is 9.91. The van der Waals surface area contributed by atoms with Gasteiger partial charge in [-0.25, -0.2) is 0 Å². The zero-order valence-electron chi connectivity index (χ0n) is 27.9. The predicted molar refractivity (Wildman–Crippen MR) is 196 cm³/mol. The van der Waals surface area contributed by atoms with Gasteiger partial charge in [0.15, 0.2) is 11.2 Å². The summed E-state index contributed by atoms with van der Waals surface area (Å²) in [5, 5.41) is 28.5. The van der Waals surface area contributed by atoms with Gasteiger partial charge in [-0.15, -0.1) is 0 Å². The number of nitrogens with zero attached hydrogens (tertiary/aromatic N) is 4. The van der Waals surface area contributed by atoms with Crippen molar-refractivity contribution in [2.75, 3.05) is 36.0 Å². The first-order valence-electron chi connectivity index (χ1n) is 17.3. The van der Waals surface area contributed by atoms with Crippen molar-refractivity contribution in [2.24, 2.45) is 23.7 Å². The lowest BCUT2D eigenvalue weighted by Gasteiger charge is -2.36. The minimum Gasteiger partial charge on any atom is -0.454 e. The van der Waals surface area contributed by atoms with E-state index in [1.165, 1.54) is 24.2 Å². The first kappa shape index (κ1) is 29.0. The van der Waals surface area contributed by atoms with Gasteiger partial charge in [0.05, 0.1) is 5.56 Å². The Bertz CT molecular complexity index is 2360. The highest BCUT2D eigenvalue weighted by Gasteiger charge is 2.27. The van der Waals surface area contributed by atoms with E-state index in [0.29, 0.717) is 67.9 Å². The third-order valence-corrected chi connectivity index (χ3v) is 10.9. The Kier molecular flexibility index (Phi) is 6.43. The van der Waals surface area contributed by atoms with Crippen LogP contribution in [0.15, 0.2) is 69.5 Å². The maximum absolute atomic E-state index is 10.7. The van der Waals surface area contributed by atoms with E-state index in [0.717, 1.165) is 58.5 Å². The number of furan rings is 2. The van der Waals surface area contributed by atoms with Gasteiger partial charge in [0.25, 0.3) is 0 Å². The van der Waals surface area contributed by atoms with Crippen LogP contribution in [0.5, 0.6) is 0 Å². The van der Waals surface area contributed by atoms with Crippen molar-refractivity contribution in [3.8, 4) is 12.1 Å². The van der Waals surface area contributed by atoms with Crippen molar-refractivity contribution in [3.63, 3.8) is 0 Å². The largest absolute Gasteiger partial charge is 0.454 e. The summed E-state index contributed by atoms with van der Waals surface area (Å²) in [6, 6.07) is 26.4. The Labute approximate surface area is 279 Å². The van der Waals surface area contributed by atoms with E-state index in [9.17, 15) is 10.5 Å². The van der Waals surface area contributed by atoms with E-state index in [2.05, 4.69) is 110 Å². The van der Waals surface area contributed by atoms with Gasteiger partial charge >= 0.3 is 0 Å². The van der Waals surface area contributed by atoms with Crippen LogP contribution in [0.3, 0.4) is 0 Å². The molecule has 0 bridgehead atoms. The average molecular weight is 631 g/mol. The summed E-state index contributed by atoms with van der Waals surface area (Å²) in [6.07, 6.45) is 2.53. The molecule has 4 unspecified atom stereocenters. The van der Waals surface area contributed by atoms with Crippen molar-refractivity contribution >= 4 is 76.8 Å². The van der Waals surface area contributed by atoms with E-state index in [4.69, 9.17) is 8.83 Å². The predicted octanol–water partition coefficient (Wildman–Crippen LogP) is 10.5. The second-order valence-electron chi connectivity index (χ2n) is 15.0. The second kappa shape index (κ2) is 10.7. The molecule has 0 saturated carbocycles. The quantitative estimate of drug-likeness (QED) is 0.189. The van der Waals surface area contributed by atoms with Gasteiger partial charge in [0.2, 0.25) is 0 Å². The zero-order valence-corrected chi connectivity index (χ0v) is 27.9. The maximum atomic E-state index is 10.7. The average Bonchev–Trinajstić information content (AvgIpc) is 3.61. The molecule has 5 aromatic carbocycles. The van der Waals surface area contributed by atoms with Gasteiger partial charge in [0, 0.05) is 59.1 Å². The molecule has 0 radical (unpaired) electrons. The minimum atomic E-state index is 0.327. The number of rotatable bonds is 2. The summed E-state index contributed by atoms with van der Waals surface area (Å²) in [7, 11) is 0. The van der Waals surface area contributed by atoms with Crippen LogP contribution in [-0.2, 0) is 0 Å². The van der Waals surface area contributed by atoms with Gasteiger partial charge in [-0.05, 0) is 107 Å². The number of anilines is 2. The number of nitriles is 2. The SMILES string of the molecule is CC1CC(C)CN(c2ccc3cc4c(cc3c2)oc2c(C#N)c3oc5cc6cc(N7CC(C)CC(C)C7)ccc6cc5c3c(C#N)c24)C1. The number of hydrogen-bond acceptors (Lipinski definition) is 6. The van der Waals surface area contributed by atoms with Crippen LogP contribution in [0.4, 0.5) is 11.4 Å². The van der Waals surface area contributed by atoms with Crippen LogP contribution in [0.25, 0.3) is 65.4 Å². The molecule has 2 fully saturated rings. The summed E-state index contributed by atoms with van der Waals surface area (Å²) >= 11 is 0. The molecule has 0 aliphatic carbocycles. The van der Waals surface area contributed by atoms with Gasteiger partial charge in [0.1, 0.15) is 28.9 Å². The van der Waals surface area contributed by atoms with Gasteiger partial charge in [-0.3, -0.25) is 0 Å². The molecule has 7 aromatic rings. The molecule has 2 saturated heterocycles. The van der Waals surface area contributed by atoms with Crippen molar-refractivity contribution in [1.82, 2.24) is 0 Å². The molecule has 9 rings (SSSR count). The fourth-order valence-corrected chi connectivity index (χ4v) is 9.09. The highest BCUT2D eigenvalue weighted by molar-refractivity contribution is 6.24. The molecule has 238 valence electrons. The smallest absolute Gasteiger partial charge is 0.158 e. The van der Waals surface area contributed by atoms with Crippen LogP contribution in [0.1, 0.15) is 51.7 Å². The Morgan fingerprint density at radius 3 is 1.35 bits per heavy atom. The van der Waals surface area contributed by atoms with E-state index < -0.39 is 0 Å². The third kappa shape index (κ3) is 4.43. The standard InChI is InChI=1S/C42H38N4O2/c1-23-9-24(2)20-45(19-23)31-7-5-27-13-33-37(15-29(27)11-31)47-41-36(18-44)42-40(35(17-43)39(33)41)34-14-28-6-8-32(12-30(28)16-38(34)48-42)46-21-25(3)10-26(4)22-46/h5-8,11-16,23-26H,9-10,19-22H2,1-4H3. The molecule has 0 N–H and O–H groups in total. The molecular weight excluding hydrogens is 592 g/mol. The summed E-state index contributed by atoms with van der Waals surface area (Å²) in [6.45, 7) is 13.5. The fourth-order valence-electron chi connectivity index (χ4n) is 9.09. The Hall–Kier alpha value is -5.20.